The van der Waals surface area contributed by atoms with Crippen LogP contribution in [0.15, 0.2) is 54.6 Å². The number of aliphatic hydroxyl groups excluding tert-OH is 1. The van der Waals surface area contributed by atoms with Crippen molar-refractivity contribution in [1.82, 2.24) is 21.1 Å². The fraction of sp³-hybridized carbons (Fsp3) is 0.444. The number of carboxylic acids is 1. The summed E-state index contributed by atoms with van der Waals surface area (Å²) >= 11 is 0. The van der Waals surface area contributed by atoms with E-state index in [2.05, 4.69) is 16.2 Å². The van der Waals surface area contributed by atoms with E-state index in [0.29, 0.717) is 18.9 Å². The molecule has 4 atom stereocenters. The van der Waals surface area contributed by atoms with Crippen molar-refractivity contribution in [3.8, 4) is 11.1 Å². The molecule has 0 aromatic heterocycles. The van der Waals surface area contributed by atoms with E-state index in [9.17, 15) is 24.6 Å². The molecule has 2 unspecified atom stereocenters. The fourth-order valence-electron chi connectivity index (χ4n) is 4.41. The van der Waals surface area contributed by atoms with Crippen LogP contribution in [0.25, 0.3) is 11.1 Å². The monoisotopic (exact) mass is 496 g/mol. The molecule has 1 fully saturated rings. The maximum Gasteiger partial charge on any atom is 0.332 e. The number of aliphatic hydroxyl groups is 1. The number of carbonyl (C=O) groups is 3. The molecule has 1 saturated heterocycles. The topological polar surface area (TPSA) is 131 Å². The Hall–Kier alpha value is -3.27. The lowest BCUT2D eigenvalue weighted by Gasteiger charge is -2.23. The number of nitrogens with one attached hydrogen (secondary N) is 3. The number of rotatable bonds is 11. The summed E-state index contributed by atoms with van der Waals surface area (Å²) in [7, 11) is 1.74. The van der Waals surface area contributed by atoms with E-state index in [-0.39, 0.29) is 24.7 Å². The second kappa shape index (κ2) is 12.6. The summed E-state index contributed by atoms with van der Waals surface area (Å²) in [5.41, 5.74) is 8.81. The quantitative estimate of drug-likeness (QED) is 0.319. The third-order valence-corrected chi connectivity index (χ3v) is 6.22. The number of carboxylic acid groups (broad SMARTS) is 1. The van der Waals surface area contributed by atoms with Crippen molar-refractivity contribution in [2.75, 3.05) is 13.6 Å². The predicted octanol–water partition coefficient (Wildman–Crippen LogP) is 1.57. The Kier molecular flexibility index (Phi) is 9.58. The van der Waals surface area contributed by atoms with Gasteiger partial charge in [0.15, 0.2) is 6.10 Å². The molecule has 2 amide bonds. The van der Waals surface area contributed by atoms with Crippen molar-refractivity contribution in [1.29, 1.82) is 0 Å². The fourth-order valence-corrected chi connectivity index (χ4v) is 4.41. The van der Waals surface area contributed by atoms with Crippen LogP contribution in [-0.4, -0.2) is 70.7 Å². The molecule has 0 aliphatic carbocycles. The van der Waals surface area contributed by atoms with E-state index in [1.165, 1.54) is 0 Å². The highest BCUT2D eigenvalue weighted by atomic mass is 16.4. The number of hydrazine groups is 1. The number of carbonyl (C=O) groups excluding carboxylic acids is 2. The average molecular weight is 497 g/mol. The second-order valence-corrected chi connectivity index (χ2v) is 9.80. The van der Waals surface area contributed by atoms with Crippen molar-refractivity contribution in [3.05, 3.63) is 60.2 Å². The largest absolute Gasteiger partial charge is 0.479 e. The van der Waals surface area contributed by atoms with Crippen LogP contribution in [-0.2, 0) is 20.8 Å². The molecule has 36 heavy (non-hydrogen) atoms. The molecule has 2 aromatic rings. The Morgan fingerprint density at radius 3 is 2.22 bits per heavy atom. The van der Waals surface area contributed by atoms with Gasteiger partial charge in [-0.05, 0) is 35.4 Å². The lowest BCUT2D eigenvalue weighted by Crippen LogP contribution is -2.49. The Bertz CT molecular complexity index is 1030. The number of hydrogen-bond donors (Lipinski definition) is 5. The molecule has 1 aliphatic heterocycles. The second-order valence-electron chi connectivity index (χ2n) is 9.80. The first-order chi connectivity index (χ1) is 17.1. The summed E-state index contributed by atoms with van der Waals surface area (Å²) in [4.78, 5) is 38.6. The van der Waals surface area contributed by atoms with Crippen molar-refractivity contribution in [3.63, 3.8) is 0 Å². The van der Waals surface area contributed by atoms with Crippen molar-refractivity contribution < 1.29 is 24.6 Å². The normalized spacial score (nSPS) is 19.0. The van der Waals surface area contributed by atoms with Crippen LogP contribution >= 0.6 is 0 Å². The highest BCUT2D eigenvalue weighted by Gasteiger charge is 2.36. The molecular formula is C27H36N4O5. The lowest BCUT2D eigenvalue weighted by molar-refractivity contribution is -0.147. The summed E-state index contributed by atoms with van der Waals surface area (Å²) in [6.45, 7) is 4.68. The van der Waals surface area contributed by atoms with Gasteiger partial charge in [0.25, 0.3) is 0 Å². The van der Waals surface area contributed by atoms with E-state index >= 15 is 0 Å². The molecule has 9 nitrogen and oxygen atoms in total. The highest BCUT2D eigenvalue weighted by molar-refractivity contribution is 5.87. The molecular weight excluding hydrogens is 460 g/mol. The molecule has 2 aromatic carbocycles. The number of hydrogen-bond acceptors (Lipinski definition) is 6. The van der Waals surface area contributed by atoms with Crippen LogP contribution in [0.3, 0.4) is 0 Å². The highest BCUT2D eigenvalue weighted by Crippen LogP contribution is 2.20. The van der Waals surface area contributed by atoms with E-state index in [1.54, 1.807) is 11.9 Å². The SMILES string of the molecule is CC(C)CN(C)C(=O)C1CC(C(=O)N[C@H](Cc2ccc(-c3ccccc3)cc2)C[C@@H](O)C(=O)O)NN1. The van der Waals surface area contributed by atoms with Gasteiger partial charge in [0.05, 0.1) is 0 Å². The molecule has 0 bridgehead atoms. The third-order valence-electron chi connectivity index (χ3n) is 6.22. The maximum absolute atomic E-state index is 13.0. The maximum atomic E-state index is 13.0. The number of nitrogens with zero attached hydrogens (tertiary/aromatic N) is 1. The van der Waals surface area contributed by atoms with Gasteiger partial charge in [-0.1, -0.05) is 68.4 Å². The van der Waals surface area contributed by atoms with Crippen molar-refractivity contribution in [2.45, 2.75) is 57.3 Å². The van der Waals surface area contributed by atoms with Gasteiger partial charge in [-0.25, -0.2) is 15.6 Å². The Labute approximate surface area is 211 Å². The van der Waals surface area contributed by atoms with Gasteiger partial charge in [-0.3, -0.25) is 9.59 Å². The van der Waals surface area contributed by atoms with Gasteiger partial charge in [0, 0.05) is 26.1 Å². The summed E-state index contributed by atoms with van der Waals surface area (Å²) in [6.07, 6.45) is -1.12. The van der Waals surface area contributed by atoms with Crippen LogP contribution in [0.5, 0.6) is 0 Å². The molecule has 3 rings (SSSR count). The zero-order valence-electron chi connectivity index (χ0n) is 21.0. The standard InChI is InChI=1S/C27H36N4O5/c1-17(2)16-31(3)26(34)23-15-22(29-30-23)25(33)28-21(14-24(32)27(35)36)13-18-9-11-20(12-10-18)19-7-5-4-6-8-19/h4-12,17,21-24,29-30,32H,13-16H2,1-3H3,(H,28,33)(H,35,36)/t21-,22?,23?,24-/m1/s1. The predicted molar refractivity (Wildman–Crippen MR) is 137 cm³/mol. The number of aliphatic carboxylic acids is 1. The van der Waals surface area contributed by atoms with Gasteiger partial charge in [-0.2, -0.15) is 0 Å². The molecule has 1 heterocycles. The van der Waals surface area contributed by atoms with Crippen LogP contribution in [0.4, 0.5) is 0 Å². The molecule has 0 radical (unpaired) electrons. The van der Waals surface area contributed by atoms with E-state index in [4.69, 9.17) is 0 Å². The van der Waals surface area contributed by atoms with Crippen LogP contribution < -0.4 is 16.2 Å². The van der Waals surface area contributed by atoms with Gasteiger partial charge < -0.3 is 20.4 Å². The summed E-state index contributed by atoms with van der Waals surface area (Å²) in [5.74, 6) is -1.46. The molecule has 5 N–H and O–H groups in total. The van der Waals surface area contributed by atoms with Crippen molar-refractivity contribution >= 4 is 17.8 Å². The first-order valence-electron chi connectivity index (χ1n) is 12.3. The first kappa shape index (κ1) is 27.3. The Morgan fingerprint density at radius 2 is 1.61 bits per heavy atom. The molecule has 0 saturated carbocycles. The van der Waals surface area contributed by atoms with Crippen molar-refractivity contribution in [2.24, 2.45) is 5.92 Å². The van der Waals surface area contributed by atoms with Gasteiger partial charge in [0.2, 0.25) is 11.8 Å². The smallest absolute Gasteiger partial charge is 0.332 e. The minimum Gasteiger partial charge on any atom is -0.479 e. The van der Waals surface area contributed by atoms with Gasteiger partial charge in [0.1, 0.15) is 12.1 Å². The molecule has 1 aliphatic rings. The van der Waals surface area contributed by atoms with E-state index < -0.39 is 30.2 Å². The average Bonchev–Trinajstić information content (AvgIpc) is 3.34. The van der Waals surface area contributed by atoms with Gasteiger partial charge >= 0.3 is 5.97 Å². The first-order valence-corrected chi connectivity index (χ1v) is 12.3. The number of likely N-dealkylation sites (N-methyl/N-ethyl adjacent to an activating group) is 1. The van der Waals surface area contributed by atoms with Gasteiger partial charge in [-0.15, -0.1) is 0 Å². The summed E-state index contributed by atoms with van der Waals surface area (Å²) in [6, 6.07) is 15.9. The van der Waals surface area contributed by atoms with Crippen LogP contribution in [0.2, 0.25) is 0 Å². The number of amides is 2. The zero-order valence-corrected chi connectivity index (χ0v) is 21.0. The Morgan fingerprint density at radius 1 is 1.00 bits per heavy atom. The summed E-state index contributed by atoms with van der Waals surface area (Å²) in [5, 5.41) is 22.0. The molecule has 9 heteroatoms. The lowest BCUT2D eigenvalue weighted by atomic mass is 9.97. The number of benzene rings is 2. The van der Waals surface area contributed by atoms with E-state index in [1.807, 2.05) is 68.4 Å². The summed E-state index contributed by atoms with van der Waals surface area (Å²) < 4.78 is 0. The third kappa shape index (κ3) is 7.61. The molecule has 0 spiro atoms. The Balaban J connectivity index is 1.64. The van der Waals surface area contributed by atoms with Crippen LogP contribution in [0.1, 0.15) is 32.3 Å². The minimum absolute atomic E-state index is 0.0946. The zero-order chi connectivity index (χ0) is 26.2. The minimum atomic E-state index is -1.60. The van der Waals surface area contributed by atoms with Crippen LogP contribution in [0, 0.1) is 5.92 Å². The molecule has 194 valence electrons. The van der Waals surface area contributed by atoms with E-state index in [0.717, 1.165) is 16.7 Å².